The van der Waals surface area contributed by atoms with Crippen LogP contribution in [0, 0.1) is 16.0 Å². The standard InChI is InChI=1S/C15H20ClN3O4/c1-23-7-6-18-5-4-11(10-18)9-17-15(20)13-8-12(16)2-3-14(13)19(21)22/h2-3,8,11H,4-7,9-10H2,1H3,(H,17,20)/t11-/m0/s1. The first-order valence-corrected chi connectivity index (χ1v) is 7.82. The number of hydrogen-bond acceptors (Lipinski definition) is 5. The van der Waals surface area contributed by atoms with Crippen LogP contribution in [0.25, 0.3) is 0 Å². The molecule has 23 heavy (non-hydrogen) atoms. The summed E-state index contributed by atoms with van der Waals surface area (Å²) >= 11 is 5.84. The molecule has 0 aliphatic carbocycles. The number of rotatable bonds is 7. The minimum absolute atomic E-state index is 0.00302. The lowest BCUT2D eigenvalue weighted by atomic mass is 10.1. The predicted molar refractivity (Wildman–Crippen MR) is 86.9 cm³/mol. The molecule has 1 N–H and O–H groups in total. The second-order valence-corrected chi connectivity index (χ2v) is 6.01. The van der Waals surface area contributed by atoms with Crippen LogP contribution >= 0.6 is 11.6 Å². The Morgan fingerprint density at radius 2 is 2.35 bits per heavy atom. The van der Waals surface area contributed by atoms with Gasteiger partial charge in [-0.25, -0.2) is 0 Å². The van der Waals surface area contributed by atoms with E-state index in [2.05, 4.69) is 10.2 Å². The summed E-state index contributed by atoms with van der Waals surface area (Å²) in [6.07, 6.45) is 0.988. The van der Waals surface area contributed by atoms with E-state index in [1.54, 1.807) is 7.11 Å². The van der Waals surface area contributed by atoms with Gasteiger partial charge < -0.3 is 15.0 Å². The van der Waals surface area contributed by atoms with Crippen LogP contribution in [-0.4, -0.2) is 55.6 Å². The SMILES string of the molecule is COCCN1CC[C@@H](CNC(=O)c2cc(Cl)ccc2[N+](=O)[O-])C1. The summed E-state index contributed by atoms with van der Waals surface area (Å²) < 4.78 is 5.05. The van der Waals surface area contributed by atoms with Crippen LogP contribution in [0.1, 0.15) is 16.8 Å². The number of carbonyl (C=O) groups is 1. The van der Waals surface area contributed by atoms with Crippen molar-refractivity contribution in [3.05, 3.63) is 38.9 Å². The van der Waals surface area contributed by atoms with Crippen molar-refractivity contribution in [3.63, 3.8) is 0 Å². The topological polar surface area (TPSA) is 84.7 Å². The van der Waals surface area contributed by atoms with Gasteiger partial charge in [-0.05, 0) is 31.0 Å². The Morgan fingerprint density at radius 1 is 1.57 bits per heavy atom. The second-order valence-electron chi connectivity index (χ2n) is 5.58. The number of ether oxygens (including phenoxy) is 1. The van der Waals surface area contributed by atoms with Crippen LogP contribution in [-0.2, 0) is 4.74 Å². The molecular formula is C15H20ClN3O4. The summed E-state index contributed by atoms with van der Waals surface area (Å²) in [5.74, 6) is -0.122. The highest BCUT2D eigenvalue weighted by Crippen LogP contribution is 2.23. The number of methoxy groups -OCH3 is 1. The first kappa shape index (κ1) is 17.7. The minimum atomic E-state index is -0.576. The summed E-state index contributed by atoms with van der Waals surface area (Å²) in [7, 11) is 1.67. The van der Waals surface area contributed by atoms with Crippen LogP contribution < -0.4 is 5.32 Å². The molecule has 0 aromatic heterocycles. The minimum Gasteiger partial charge on any atom is -0.383 e. The van der Waals surface area contributed by atoms with E-state index >= 15 is 0 Å². The van der Waals surface area contributed by atoms with Gasteiger partial charge in [0.15, 0.2) is 0 Å². The third kappa shape index (κ3) is 4.89. The number of nitrogens with zero attached hydrogens (tertiary/aromatic N) is 2. The molecule has 0 unspecified atom stereocenters. The van der Waals surface area contributed by atoms with E-state index in [1.165, 1.54) is 18.2 Å². The smallest absolute Gasteiger partial charge is 0.282 e. The van der Waals surface area contributed by atoms with Crippen LogP contribution in [0.5, 0.6) is 0 Å². The van der Waals surface area contributed by atoms with Gasteiger partial charge in [-0.3, -0.25) is 14.9 Å². The molecule has 1 atom stereocenters. The van der Waals surface area contributed by atoms with Gasteiger partial charge in [-0.2, -0.15) is 0 Å². The maximum atomic E-state index is 12.2. The van der Waals surface area contributed by atoms with Gasteiger partial charge in [0.1, 0.15) is 5.56 Å². The van der Waals surface area contributed by atoms with Gasteiger partial charge in [0, 0.05) is 37.8 Å². The zero-order valence-corrected chi connectivity index (χ0v) is 13.7. The third-order valence-electron chi connectivity index (χ3n) is 3.93. The third-order valence-corrected chi connectivity index (χ3v) is 4.17. The monoisotopic (exact) mass is 341 g/mol. The van der Waals surface area contributed by atoms with Gasteiger partial charge >= 0.3 is 0 Å². The molecular weight excluding hydrogens is 322 g/mol. The summed E-state index contributed by atoms with van der Waals surface area (Å²) in [5.41, 5.74) is -0.239. The van der Waals surface area contributed by atoms with Gasteiger partial charge in [0.2, 0.25) is 0 Å². The Kier molecular flexibility index (Phi) is 6.32. The number of nitro benzene ring substituents is 1. The molecule has 1 heterocycles. The summed E-state index contributed by atoms with van der Waals surface area (Å²) in [5, 5.41) is 14.1. The summed E-state index contributed by atoms with van der Waals surface area (Å²) in [6.45, 7) is 3.92. The van der Waals surface area contributed by atoms with Crippen molar-refractivity contribution in [2.75, 3.05) is 39.9 Å². The molecule has 1 aliphatic heterocycles. The van der Waals surface area contributed by atoms with Gasteiger partial charge in [0.05, 0.1) is 11.5 Å². The molecule has 7 nitrogen and oxygen atoms in total. The molecule has 8 heteroatoms. The van der Waals surface area contributed by atoms with E-state index in [-0.39, 0.29) is 11.3 Å². The van der Waals surface area contributed by atoms with Crippen molar-refractivity contribution in [1.29, 1.82) is 0 Å². The molecule has 0 bridgehead atoms. The lowest BCUT2D eigenvalue weighted by Gasteiger charge is -2.15. The normalized spacial score (nSPS) is 18.1. The Morgan fingerprint density at radius 3 is 3.04 bits per heavy atom. The number of nitrogens with one attached hydrogen (secondary N) is 1. The number of carbonyl (C=O) groups excluding carboxylic acids is 1. The van der Waals surface area contributed by atoms with Crippen molar-refractivity contribution >= 4 is 23.2 Å². The van der Waals surface area contributed by atoms with Crippen LogP contribution in [0.15, 0.2) is 18.2 Å². The molecule has 0 spiro atoms. The van der Waals surface area contributed by atoms with E-state index in [4.69, 9.17) is 16.3 Å². The largest absolute Gasteiger partial charge is 0.383 e. The Balaban J connectivity index is 1.91. The molecule has 2 rings (SSSR count). The Hall–Kier alpha value is -1.70. The predicted octanol–water partition coefficient (Wildman–Crippen LogP) is 1.95. The highest BCUT2D eigenvalue weighted by atomic mass is 35.5. The number of halogens is 1. The van der Waals surface area contributed by atoms with E-state index in [1.807, 2.05) is 0 Å². The van der Waals surface area contributed by atoms with E-state index in [9.17, 15) is 14.9 Å². The molecule has 1 aliphatic rings. The van der Waals surface area contributed by atoms with Gasteiger partial charge in [0.25, 0.3) is 11.6 Å². The molecule has 126 valence electrons. The maximum absolute atomic E-state index is 12.2. The molecule has 1 fully saturated rings. The average molecular weight is 342 g/mol. The van der Waals surface area contributed by atoms with E-state index < -0.39 is 10.8 Å². The number of likely N-dealkylation sites (tertiary alicyclic amines) is 1. The molecule has 0 radical (unpaired) electrons. The van der Waals surface area contributed by atoms with Crippen molar-refractivity contribution in [3.8, 4) is 0 Å². The zero-order valence-electron chi connectivity index (χ0n) is 13.0. The molecule has 1 aromatic carbocycles. The van der Waals surface area contributed by atoms with Gasteiger partial charge in [-0.1, -0.05) is 11.6 Å². The summed E-state index contributed by atoms with van der Waals surface area (Å²) in [6, 6.07) is 3.98. The van der Waals surface area contributed by atoms with Gasteiger partial charge in [-0.15, -0.1) is 0 Å². The lowest BCUT2D eigenvalue weighted by Crippen LogP contribution is -2.32. The second kappa shape index (κ2) is 8.24. The van der Waals surface area contributed by atoms with E-state index in [0.717, 1.165) is 26.1 Å². The maximum Gasteiger partial charge on any atom is 0.282 e. The highest BCUT2D eigenvalue weighted by Gasteiger charge is 2.24. The first-order valence-electron chi connectivity index (χ1n) is 7.44. The zero-order chi connectivity index (χ0) is 16.8. The number of hydrogen-bond donors (Lipinski definition) is 1. The summed E-state index contributed by atoms with van der Waals surface area (Å²) in [4.78, 5) is 24.9. The van der Waals surface area contributed by atoms with Crippen molar-refractivity contribution < 1.29 is 14.5 Å². The van der Waals surface area contributed by atoms with Crippen LogP contribution in [0.2, 0.25) is 5.02 Å². The first-order chi connectivity index (χ1) is 11.0. The average Bonchev–Trinajstić information content (AvgIpc) is 2.98. The fraction of sp³-hybridized carbons (Fsp3) is 0.533. The molecule has 1 aromatic rings. The lowest BCUT2D eigenvalue weighted by molar-refractivity contribution is -0.385. The highest BCUT2D eigenvalue weighted by molar-refractivity contribution is 6.31. The number of benzene rings is 1. The van der Waals surface area contributed by atoms with E-state index in [0.29, 0.717) is 24.1 Å². The number of nitro groups is 1. The van der Waals surface area contributed by atoms with Crippen molar-refractivity contribution in [2.24, 2.45) is 5.92 Å². The number of amides is 1. The quantitative estimate of drug-likeness (QED) is 0.605. The van der Waals surface area contributed by atoms with Crippen molar-refractivity contribution in [1.82, 2.24) is 10.2 Å². The van der Waals surface area contributed by atoms with Crippen LogP contribution in [0.3, 0.4) is 0 Å². The molecule has 0 saturated carbocycles. The molecule has 1 saturated heterocycles. The van der Waals surface area contributed by atoms with Crippen LogP contribution in [0.4, 0.5) is 5.69 Å². The Labute approximate surface area is 139 Å². The molecule has 1 amide bonds. The Bertz CT molecular complexity index is 582. The fourth-order valence-corrected chi connectivity index (χ4v) is 2.86. The fourth-order valence-electron chi connectivity index (χ4n) is 2.68. The van der Waals surface area contributed by atoms with Crippen molar-refractivity contribution in [2.45, 2.75) is 6.42 Å².